The first-order valence-corrected chi connectivity index (χ1v) is 14.2. The van der Waals surface area contributed by atoms with Gasteiger partial charge in [-0.25, -0.2) is 4.98 Å². The number of fused-ring (bicyclic) bond motifs is 3. The molecule has 37 heavy (non-hydrogen) atoms. The summed E-state index contributed by atoms with van der Waals surface area (Å²) in [5.41, 5.74) is 4.38. The standard InChI is InChI=1S/C29H39N5O3/c1-18-4-3-12-30-28(18)37-23-7-5-20(6-8-23)9-15-34-25-17-21-16-24(21)26(25)27(32-34)29(36)33-13-10-22(11-14-33)31-19(2)35/h3-4,12,20-24H,5-11,13-17H2,1-2H3,(H,31,35)/t20-,21-,23+,24-/m1/s1. The summed E-state index contributed by atoms with van der Waals surface area (Å²) >= 11 is 0. The Labute approximate surface area is 219 Å². The van der Waals surface area contributed by atoms with E-state index in [-0.39, 0.29) is 24.0 Å². The van der Waals surface area contributed by atoms with E-state index < -0.39 is 0 Å². The number of carbonyl (C=O) groups excluding carboxylic acids is 2. The first-order valence-electron chi connectivity index (χ1n) is 14.2. The Bertz CT molecular complexity index is 1160. The lowest BCUT2D eigenvalue weighted by Crippen LogP contribution is -2.46. The summed E-state index contributed by atoms with van der Waals surface area (Å²) in [5, 5.41) is 7.94. The van der Waals surface area contributed by atoms with Crippen molar-refractivity contribution < 1.29 is 14.3 Å². The van der Waals surface area contributed by atoms with Gasteiger partial charge < -0.3 is 15.0 Å². The Balaban J connectivity index is 1.05. The summed E-state index contributed by atoms with van der Waals surface area (Å²) < 4.78 is 8.37. The van der Waals surface area contributed by atoms with Gasteiger partial charge in [0, 0.05) is 55.6 Å². The molecule has 3 heterocycles. The molecule has 2 atom stereocenters. The van der Waals surface area contributed by atoms with Gasteiger partial charge in [0.1, 0.15) is 6.10 Å². The van der Waals surface area contributed by atoms with Crippen LogP contribution in [0.25, 0.3) is 0 Å². The quantitative estimate of drug-likeness (QED) is 0.614. The number of nitrogens with one attached hydrogen (secondary N) is 1. The highest BCUT2D eigenvalue weighted by molar-refractivity contribution is 5.94. The van der Waals surface area contributed by atoms with Crippen LogP contribution in [-0.4, -0.2) is 56.7 Å². The first kappa shape index (κ1) is 24.4. The SMILES string of the molecule is CC(=O)NC1CCN(C(=O)c2nn(CC[C@H]3CC[C@@H](Oc4ncccc4C)CC3)c3c2[C@@H]2C[C@@H]2C3)CC1. The Morgan fingerprint density at radius 1 is 1.14 bits per heavy atom. The fraction of sp³-hybridized carbons (Fsp3) is 0.655. The smallest absolute Gasteiger partial charge is 0.274 e. The molecular weight excluding hydrogens is 466 g/mol. The van der Waals surface area contributed by atoms with E-state index in [0.29, 0.717) is 30.6 Å². The fourth-order valence-corrected chi connectivity index (χ4v) is 6.79. The Morgan fingerprint density at radius 3 is 2.65 bits per heavy atom. The van der Waals surface area contributed by atoms with E-state index in [1.165, 1.54) is 30.5 Å². The van der Waals surface area contributed by atoms with Gasteiger partial charge in [-0.15, -0.1) is 0 Å². The molecule has 6 rings (SSSR count). The number of aryl methyl sites for hydroxylation is 2. The molecule has 0 aromatic carbocycles. The van der Waals surface area contributed by atoms with E-state index in [4.69, 9.17) is 9.84 Å². The predicted octanol–water partition coefficient (Wildman–Crippen LogP) is 4.01. The number of likely N-dealkylation sites (tertiary alicyclic amines) is 1. The molecule has 1 aliphatic heterocycles. The highest BCUT2D eigenvalue weighted by Crippen LogP contribution is 2.57. The van der Waals surface area contributed by atoms with Gasteiger partial charge in [0.05, 0.1) is 0 Å². The molecule has 2 aromatic heterocycles. The van der Waals surface area contributed by atoms with Crippen LogP contribution in [0.2, 0.25) is 0 Å². The minimum atomic E-state index is 0.00502. The molecule has 8 heteroatoms. The van der Waals surface area contributed by atoms with Crippen molar-refractivity contribution in [1.82, 2.24) is 25.0 Å². The van der Waals surface area contributed by atoms with Gasteiger partial charge in [-0.3, -0.25) is 14.3 Å². The number of hydrogen-bond donors (Lipinski definition) is 1. The zero-order chi connectivity index (χ0) is 25.5. The zero-order valence-electron chi connectivity index (χ0n) is 22.1. The number of rotatable bonds is 7. The summed E-state index contributed by atoms with van der Waals surface area (Å²) in [6.45, 7) is 5.87. The molecular formula is C29H39N5O3. The van der Waals surface area contributed by atoms with E-state index >= 15 is 0 Å². The van der Waals surface area contributed by atoms with Crippen LogP contribution in [0.5, 0.6) is 5.88 Å². The van der Waals surface area contributed by atoms with Crippen LogP contribution in [-0.2, 0) is 17.8 Å². The van der Waals surface area contributed by atoms with Crippen LogP contribution in [0.3, 0.4) is 0 Å². The Morgan fingerprint density at radius 2 is 1.92 bits per heavy atom. The number of pyridine rings is 1. The number of ether oxygens (including phenoxy) is 1. The van der Waals surface area contributed by atoms with Crippen LogP contribution >= 0.6 is 0 Å². The molecule has 2 aromatic rings. The van der Waals surface area contributed by atoms with Crippen molar-refractivity contribution in [3.63, 3.8) is 0 Å². The van der Waals surface area contributed by atoms with Crippen LogP contribution in [0.1, 0.15) is 91.5 Å². The largest absolute Gasteiger partial charge is 0.474 e. The molecule has 3 aliphatic carbocycles. The van der Waals surface area contributed by atoms with Gasteiger partial charge in [0.2, 0.25) is 11.8 Å². The summed E-state index contributed by atoms with van der Waals surface area (Å²) in [7, 11) is 0. The molecule has 8 nitrogen and oxygen atoms in total. The van der Waals surface area contributed by atoms with E-state index in [2.05, 4.69) is 15.0 Å². The van der Waals surface area contributed by atoms with Gasteiger partial charge in [-0.2, -0.15) is 5.10 Å². The zero-order valence-corrected chi connectivity index (χ0v) is 22.1. The van der Waals surface area contributed by atoms with E-state index in [1.807, 2.05) is 24.0 Å². The van der Waals surface area contributed by atoms with Gasteiger partial charge in [0.15, 0.2) is 5.69 Å². The van der Waals surface area contributed by atoms with Crippen molar-refractivity contribution in [2.45, 2.75) is 96.2 Å². The second-order valence-corrected chi connectivity index (χ2v) is 11.7. The maximum Gasteiger partial charge on any atom is 0.274 e. The first-order chi connectivity index (χ1) is 18.0. The van der Waals surface area contributed by atoms with Gasteiger partial charge in [0.25, 0.3) is 5.91 Å². The summed E-state index contributed by atoms with van der Waals surface area (Å²) in [6.07, 6.45) is 11.5. The molecule has 0 unspecified atom stereocenters. The fourth-order valence-electron chi connectivity index (χ4n) is 6.79. The van der Waals surface area contributed by atoms with Crippen molar-refractivity contribution in [2.75, 3.05) is 13.1 Å². The second-order valence-electron chi connectivity index (χ2n) is 11.7. The lowest BCUT2D eigenvalue weighted by atomic mass is 9.85. The minimum absolute atomic E-state index is 0.00502. The van der Waals surface area contributed by atoms with Gasteiger partial charge in [-0.1, -0.05) is 6.07 Å². The molecule has 0 bridgehead atoms. The highest BCUT2D eigenvalue weighted by atomic mass is 16.5. The van der Waals surface area contributed by atoms with Crippen molar-refractivity contribution >= 4 is 11.8 Å². The van der Waals surface area contributed by atoms with Gasteiger partial charge >= 0.3 is 0 Å². The van der Waals surface area contributed by atoms with Crippen molar-refractivity contribution in [2.24, 2.45) is 11.8 Å². The number of piperidine rings is 1. The topological polar surface area (TPSA) is 89.4 Å². The highest BCUT2D eigenvalue weighted by Gasteiger charge is 2.50. The maximum absolute atomic E-state index is 13.5. The molecule has 0 radical (unpaired) electrons. The molecule has 3 fully saturated rings. The Hall–Kier alpha value is -2.90. The van der Waals surface area contributed by atoms with Gasteiger partial charge in [-0.05, 0) is 88.5 Å². The molecule has 198 valence electrons. The maximum atomic E-state index is 13.5. The molecule has 0 spiro atoms. The van der Waals surface area contributed by atoms with Crippen LogP contribution in [0.15, 0.2) is 18.3 Å². The van der Waals surface area contributed by atoms with Crippen LogP contribution < -0.4 is 10.1 Å². The lowest BCUT2D eigenvalue weighted by molar-refractivity contribution is -0.119. The molecule has 2 amide bonds. The minimum Gasteiger partial charge on any atom is -0.474 e. The number of nitrogens with zero attached hydrogens (tertiary/aromatic N) is 4. The number of aromatic nitrogens is 3. The van der Waals surface area contributed by atoms with Crippen LogP contribution in [0.4, 0.5) is 0 Å². The number of amides is 2. The summed E-state index contributed by atoms with van der Waals surface area (Å²) in [5.74, 6) is 2.80. The molecule has 1 N–H and O–H groups in total. The van der Waals surface area contributed by atoms with Crippen LogP contribution in [0, 0.1) is 18.8 Å². The molecule has 2 saturated carbocycles. The average Bonchev–Trinajstić information content (AvgIpc) is 3.41. The van der Waals surface area contributed by atoms with Crippen molar-refractivity contribution in [3.05, 3.63) is 40.8 Å². The molecule has 4 aliphatic rings. The average molecular weight is 506 g/mol. The third kappa shape index (κ3) is 5.12. The van der Waals surface area contributed by atoms with E-state index in [1.54, 1.807) is 13.1 Å². The normalized spacial score (nSPS) is 26.9. The second kappa shape index (κ2) is 10.1. The Kier molecular flexibility index (Phi) is 6.67. The summed E-state index contributed by atoms with van der Waals surface area (Å²) in [4.78, 5) is 31.3. The lowest BCUT2D eigenvalue weighted by Gasteiger charge is -2.32. The third-order valence-electron chi connectivity index (χ3n) is 9.02. The monoisotopic (exact) mass is 505 g/mol. The van der Waals surface area contributed by atoms with Crippen molar-refractivity contribution in [3.8, 4) is 5.88 Å². The van der Waals surface area contributed by atoms with Crippen molar-refractivity contribution in [1.29, 1.82) is 0 Å². The third-order valence-corrected chi connectivity index (χ3v) is 9.02. The number of carbonyl (C=O) groups is 2. The van der Waals surface area contributed by atoms with E-state index in [9.17, 15) is 9.59 Å². The van der Waals surface area contributed by atoms with E-state index in [0.717, 1.165) is 62.4 Å². The number of hydrogen-bond acceptors (Lipinski definition) is 5. The summed E-state index contributed by atoms with van der Waals surface area (Å²) in [6, 6.07) is 4.17. The molecule has 1 saturated heterocycles. The predicted molar refractivity (Wildman–Crippen MR) is 139 cm³/mol.